The largest absolute Gasteiger partial charge is 0.351 e. The first-order valence-electron chi connectivity index (χ1n) is 4.12. The van der Waals surface area contributed by atoms with Crippen molar-refractivity contribution < 1.29 is 4.79 Å². The van der Waals surface area contributed by atoms with Gasteiger partial charge in [0.25, 0.3) is 0 Å². The van der Waals surface area contributed by atoms with Gasteiger partial charge in [0.05, 0.1) is 0 Å². The van der Waals surface area contributed by atoms with E-state index < -0.39 is 6.03 Å². The van der Waals surface area contributed by atoms with E-state index in [2.05, 4.69) is 5.32 Å². The molecule has 0 unspecified atom stereocenters. The summed E-state index contributed by atoms with van der Waals surface area (Å²) in [6.45, 7) is 0. The van der Waals surface area contributed by atoms with Gasteiger partial charge in [-0.3, -0.25) is 0 Å². The summed E-state index contributed by atoms with van der Waals surface area (Å²) < 4.78 is 0. The summed E-state index contributed by atoms with van der Waals surface area (Å²) in [6.07, 6.45) is 2.83. The lowest BCUT2D eigenvalue weighted by Gasteiger charge is -2.04. The molecule has 3 nitrogen and oxygen atoms in total. The molecule has 0 radical (unpaired) electrons. The first kappa shape index (κ1) is 7.86. The second-order valence-corrected chi connectivity index (χ2v) is 2.97. The van der Waals surface area contributed by atoms with Crippen molar-refractivity contribution in [2.24, 2.45) is 5.73 Å². The smallest absolute Gasteiger partial charge is 0.316 e. The fraction of sp³-hybridized carbons (Fsp3) is 0.100. The Balaban J connectivity index is 2.31. The third-order valence-corrected chi connectivity index (χ3v) is 2.09. The summed E-state index contributed by atoms with van der Waals surface area (Å²) in [5.41, 5.74) is 8.16. The number of allylic oxidation sites excluding steroid dienone is 1. The van der Waals surface area contributed by atoms with Crippen LogP contribution in [-0.4, -0.2) is 6.03 Å². The Bertz CT molecular complexity index is 382. The highest BCUT2D eigenvalue weighted by Crippen LogP contribution is 2.24. The van der Waals surface area contributed by atoms with Crippen LogP contribution in [0.2, 0.25) is 0 Å². The number of hydrogen-bond acceptors (Lipinski definition) is 1. The van der Waals surface area contributed by atoms with Crippen molar-refractivity contribution in [1.82, 2.24) is 5.32 Å². The van der Waals surface area contributed by atoms with Gasteiger partial charge < -0.3 is 11.1 Å². The van der Waals surface area contributed by atoms with Crippen molar-refractivity contribution in [3.8, 4) is 0 Å². The summed E-state index contributed by atoms with van der Waals surface area (Å²) in [7, 11) is 0. The zero-order valence-corrected chi connectivity index (χ0v) is 7.08. The average Bonchev–Trinajstić information content (AvgIpc) is 2.48. The monoisotopic (exact) mass is 174 g/mol. The molecule has 1 aromatic rings. The Labute approximate surface area is 76.2 Å². The Morgan fingerprint density at radius 1 is 1.38 bits per heavy atom. The van der Waals surface area contributed by atoms with E-state index in [1.165, 1.54) is 5.56 Å². The van der Waals surface area contributed by atoms with Crippen LogP contribution in [0.25, 0.3) is 5.70 Å². The fourth-order valence-corrected chi connectivity index (χ4v) is 1.53. The first-order chi connectivity index (χ1) is 6.27. The number of fused-ring (bicyclic) bond motifs is 1. The number of rotatable bonds is 1. The number of benzene rings is 1. The van der Waals surface area contributed by atoms with Crippen molar-refractivity contribution in [2.45, 2.75) is 6.42 Å². The van der Waals surface area contributed by atoms with Gasteiger partial charge in [0, 0.05) is 11.3 Å². The van der Waals surface area contributed by atoms with Crippen LogP contribution in [0.1, 0.15) is 11.1 Å². The molecule has 1 aromatic carbocycles. The lowest BCUT2D eigenvalue weighted by Crippen LogP contribution is -2.27. The maximum atomic E-state index is 10.6. The topological polar surface area (TPSA) is 55.1 Å². The Morgan fingerprint density at radius 2 is 2.15 bits per heavy atom. The molecule has 0 saturated heterocycles. The molecule has 1 aliphatic rings. The molecule has 2 rings (SSSR count). The van der Waals surface area contributed by atoms with Gasteiger partial charge in [-0.25, -0.2) is 4.79 Å². The predicted molar refractivity (Wildman–Crippen MR) is 50.8 cm³/mol. The zero-order chi connectivity index (χ0) is 9.26. The standard InChI is InChI=1S/C10H10N2O/c11-10(13)12-9-6-5-7-3-1-2-4-8(7)9/h1-4,6H,5H2,(H3,11,12,13). The third kappa shape index (κ3) is 1.40. The second-order valence-electron chi connectivity index (χ2n) is 2.97. The lowest BCUT2D eigenvalue weighted by atomic mass is 10.1. The van der Waals surface area contributed by atoms with Crippen molar-refractivity contribution in [3.05, 3.63) is 41.5 Å². The van der Waals surface area contributed by atoms with E-state index in [0.29, 0.717) is 0 Å². The Hall–Kier alpha value is -1.77. The van der Waals surface area contributed by atoms with Gasteiger partial charge in [-0.2, -0.15) is 0 Å². The quantitative estimate of drug-likeness (QED) is 0.661. The molecule has 1 aliphatic carbocycles. The molecule has 13 heavy (non-hydrogen) atoms. The molecule has 0 saturated carbocycles. The molecule has 66 valence electrons. The summed E-state index contributed by atoms with van der Waals surface area (Å²) in [5.74, 6) is 0. The molecule has 0 atom stereocenters. The third-order valence-electron chi connectivity index (χ3n) is 2.09. The number of amides is 2. The first-order valence-corrected chi connectivity index (χ1v) is 4.12. The number of carbonyl (C=O) groups excluding carboxylic acids is 1. The van der Waals surface area contributed by atoms with Gasteiger partial charge >= 0.3 is 6.03 Å². The predicted octanol–water partition coefficient (Wildman–Crippen LogP) is 1.25. The van der Waals surface area contributed by atoms with Crippen LogP contribution >= 0.6 is 0 Å². The van der Waals surface area contributed by atoms with Gasteiger partial charge in [-0.05, 0) is 12.0 Å². The SMILES string of the molecule is NC(=O)NC1=CCc2ccccc21. The van der Waals surface area contributed by atoms with E-state index in [9.17, 15) is 4.79 Å². The molecular weight excluding hydrogens is 164 g/mol. The second kappa shape index (κ2) is 2.94. The van der Waals surface area contributed by atoms with E-state index in [0.717, 1.165) is 17.7 Å². The van der Waals surface area contributed by atoms with Crippen LogP contribution in [0.3, 0.4) is 0 Å². The molecule has 3 N–H and O–H groups in total. The van der Waals surface area contributed by atoms with E-state index >= 15 is 0 Å². The van der Waals surface area contributed by atoms with Crippen molar-refractivity contribution >= 4 is 11.7 Å². The minimum Gasteiger partial charge on any atom is -0.351 e. The normalized spacial score (nSPS) is 13.4. The number of urea groups is 1. The molecule has 0 spiro atoms. The van der Waals surface area contributed by atoms with Crippen LogP contribution in [0.15, 0.2) is 30.3 Å². The number of primary amides is 1. The molecule has 0 aromatic heterocycles. The molecule has 0 bridgehead atoms. The molecule has 0 heterocycles. The van der Waals surface area contributed by atoms with Gasteiger partial charge in [-0.1, -0.05) is 30.3 Å². The van der Waals surface area contributed by atoms with Crippen LogP contribution in [0.5, 0.6) is 0 Å². The maximum Gasteiger partial charge on any atom is 0.316 e. The molecule has 3 heteroatoms. The highest BCUT2D eigenvalue weighted by molar-refractivity contribution is 5.86. The van der Waals surface area contributed by atoms with E-state index in [1.807, 2.05) is 30.3 Å². The van der Waals surface area contributed by atoms with Crippen molar-refractivity contribution in [1.29, 1.82) is 0 Å². The van der Waals surface area contributed by atoms with Crippen LogP contribution in [-0.2, 0) is 6.42 Å². The molecule has 0 aliphatic heterocycles. The summed E-state index contributed by atoms with van der Waals surface area (Å²) in [4.78, 5) is 10.6. The number of hydrogen-bond donors (Lipinski definition) is 2. The van der Waals surface area contributed by atoms with E-state index in [4.69, 9.17) is 5.73 Å². The van der Waals surface area contributed by atoms with Crippen LogP contribution in [0.4, 0.5) is 4.79 Å². The minimum absolute atomic E-state index is 0.511. The highest BCUT2D eigenvalue weighted by Gasteiger charge is 2.13. The molecule has 2 amide bonds. The highest BCUT2D eigenvalue weighted by atomic mass is 16.2. The Kier molecular flexibility index (Phi) is 1.77. The summed E-state index contributed by atoms with van der Waals surface area (Å²) >= 11 is 0. The molecular formula is C10H10N2O. The van der Waals surface area contributed by atoms with Gasteiger partial charge in [-0.15, -0.1) is 0 Å². The van der Waals surface area contributed by atoms with E-state index in [1.54, 1.807) is 0 Å². The van der Waals surface area contributed by atoms with Crippen LogP contribution < -0.4 is 11.1 Å². The van der Waals surface area contributed by atoms with Crippen molar-refractivity contribution in [2.75, 3.05) is 0 Å². The zero-order valence-electron chi connectivity index (χ0n) is 7.08. The number of carbonyl (C=O) groups is 1. The fourth-order valence-electron chi connectivity index (χ4n) is 1.53. The summed E-state index contributed by atoms with van der Waals surface area (Å²) in [5, 5.41) is 2.60. The van der Waals surface area contributed by atoms with Gasteiger partial charge in [0.1, 0.15) is 0 Å². The van der Waals surface area contributed by atoms with E-state index in [-0.39, 0.29) is 0 Å². The Morgan fingerprint density at radius 3 is 2.92 bits per heavy atom. The number of nitrogens with two attached hydrogens (primary N) is 1. The molecule has 0 fully saturated rings. The van der Waals surface area contributed by atoms with Gasteiger partial charge in [0.15, 0.2) is 0 Å². The number of nitrogens with one attached hydrogen (secondary N) is 1. The maximum absolute atomic E-state index is 10.6. The van der Waals surface area contributed by atoms with Crippen molar-refractivity contribution in [3.63, 3.8) is 0 Å². The average molecular weight is 174 g/mol. The summed E-state index contributed by atoms with van der Waals surface area (Å²) in [6, 6.07) is 7.44. The van der Waals surface area contributed by atoms with Crippen LogP contribution in [0, 0.1) is 0 Å². The lowest BCUT2D eigenvalue weighted by molar-refractivity contribution is 0.252. The minimum atomic E-state index is -0.511. The van der Waals surface area contributed by atoms with Gasteiger partial charge in [0.2, 0.25) is 0 Å².